The molecule has 2 heteroatoms. The molecule has 0 unspecified atom stereocenters. The highest BCUT2D eigenvalue weighted by molar-refractivity contribution is 5.94. The predicted molar refractivity (Wildman–Crippen MR) is 83.7 cm³/mol. The Balaban J connectivity index is 1.85. The number of hydrogen-bond donors (Lipinski definition) is 0. The van der Waals surface area contributed by atoms with Crippen LogP contribution in [0.1, 0.15) is 0 Å². The highest BCUT2D eigenvalue weighted by Gasteiger charge is 2.05. The normalized spacial score (nSPS) is 10.9. The smallest absolute Gasteiger partial charge is 0.141 e. The van der Waals surface area contributed by atoms with Crippen LogP contribution in [0.2, 0.25) is 0 Å². The van der Waals surface area contributed by atoms with Gasteiger partial charge in [0.05, 0.1) is 6.20 Å². The number of oxazole rings is 1. The lowest BCUT2D eigenvalue weighted by Crippen LogP contribution is -1.80. The van der Waals surface area contributed by atoms with Crippen molar-refractivity contribution in [3.05, 3.63) is 79.0 Å². The third-order valence-electron chi connectivity index (χ3n) is 3.50. The Morgan fingerprint density at radius 3 is 2.57 bits per heavy atom. The Labute approximate surface area is 122 Å². The molecule has 0 saturated carbocycles. The molecule has 0 saturated heterocycles. The van der Waals surface area contributed by atoms with Crippen molar-refractivity contribution in [2.45, 2.75) is 0 Å². The quantitative estimate of drug-likeness (QED) is 0.481. The number of aromatic nitrogens is 1. The van der Waals surface area contributed by atoms with Gasteiger partial charge in [-0.25, -0.2) is 0 Å². The molecule has 4 aromatic rings. The number of nitrogens with zero attached hydrogens (tertiary/aromatic N) is 1. The van der Waals surface area contributed by atoms with Gasteiger partial charge in [-0.3, -0.25) is 4.98 Å². The Morgan fingerprint density at radius 1 is 0.857 bits per heavy atom. The number of fused-ring (bicyclic) bond motifs is 1. The molecule has 0 aliphatic heterocycles. The van der Waals surface area contributed by atoms with Gasteiger partial charge in [0.15, 0.2) is 0 Å². The molecule has 0 radical (unpaired) electrons. The van der Waals surface area contributed by atoms with Crippen molar-refractivity contribution in [3.63, 3.8) is 0 Å². The second-order valence-corrected chi connectivity index (χ2v) is 4.84. The third kappa shape index (κ3) is 2.11. The first-order chi connectivity index (χ1) is 10.4. The van der Waals surface area contributed by atoms with Gasteiger partial charge in [0, 0.05) is 5.56 Å². The van der Waals surface area contributed by atoms with E-state index in [4.69, 9.17) is 4.42 Å². The van der Waals surface area contributed by atoms with Gasteiger partial charge in [-0.1, -0.05) is 65.5 Å². The van der Waals surface area contributed by atoms with Crippen molar-refractivity contribution in [3.8, 4) is 22.8 Å². The van der Waals surface area contributed by atoms with Gasteiger partial charge in [-0.15, -0.1) is 23.6 Å². The monoisotopic (exact) mass is 270 g/mol. The summed E-state index contributed by atoms with van der Waals surface area (Å²) in [6.07, 6.45) is 1.76. The fraction of sp³-hybridized carbons (Fsp3) is 0. The molecule has 0 bridgehead atoms. The number of benzene rings is 3. The fourth-order valence-corrected chi connectivity index (χ4v) is 2.47. The summed E-state index contributed by atoms with van der Waals surface area (Å²) in [4.78, 5) is 4.42. The van der Waals surface area contributed by atoms with Gasteiger partial charge in [-0.05, 0) is 0 Å². The minimum Gasteiger partial charge on any atom is -0.481 e. The second kappa shape index (κ2) is 4.91. The summed E-state index contributed by atoms with van der Waals surface area (Å²) in [7, 11) is 0. The van der Waals surface area contributed by atoms with Crippen LogP contribution in [0.25, 0.3) is 33.6 Å². The molecule has 0 N–H and O–H groups in total. The first-order valence-corrected chi connectivity index (χ1v) is 6.83. The van der Waals surface area contributed by atoms with Crippen LogP contribution in [0.4, 0.5) is 0 Å². The zero-order valence-corrected chi connectivity index (χ0v) is 11.3. The van der Waals surface area contributed by atoms with E-state index >= 15 is 0 Å². The van der Waals surface area contributed by atoms with Gasteiger partial charge in [0.1, 0.15) is 11.7 Å². The van der Waals surface area contributed by atoms with E-state index in [9.17, 15) is 0 Å². The lowest BCUT2D eigenvalue weighted by molar-refractivity contribution is 0.589. The fourth-order valence-electron chi connectivity index (χ4n) is 2.47. The summed E-state index contributed by atoms with van der Waals surface area (Å²) in [6, 6.07) is 25.3. The predicted octanol–water partition coefficient (Wildman–Crippen LogP) is 4.96. The van der Waals surface area contributed by atoms with Crippen molar-refractivity contribution in [1.29, 1.82) is 0 Å². The lowest BCUT2D eigenvalue weighted by atomic mass is 10.0. The molecule has 2 nitrogen and oxygen atoms in total. The molecule has 0 spiro atoms. The molecule has 0 fully saturated rings. The topological polar surface area (TPSA) is 26.0 Å². The van der Waals surface area contributed by atoms with Crippen molar-refractivity contribution < 1.29 is 4.42 Å². The summed E-state index contributed by atoms with van der Waals surface area (Å²) in [5.74, 6) is 1.37. The van der Waals surface area contributed by atoms with E-state index in [0.29, 0.717) is 5.89 Å². The number of hydrogen-bond acceptors (Lipinski definition) is 2. The minimum atomic E-state index is 0.602. The molecule has 1 heterocycles. The molecule has 100 valence electrons. The standard InChI is InChI=1S/C19H12NO/c1-2-8-15(9-3-1)18-13-20-19(21-18)17-12-6-10-14-7-4-5-11-16(14)17/h1-11,13H/q-1. The van der Waals surface area contributed by atoms with Crippen molar-refractivity contribution >= 4 is 10.8 Å². The molecule has 0 aliphatic carbocycles. The van der Waals surface area contributed by atoms with E-state index in [0.717, 1.165) is 27.7 Å². The van der Waals surface area contributed by atoms with Crippen molar-refractivity contribution in [2.24, 2.45) is 0 Å². The maximum absolute atomic E-state index is 5.92. The average Bonchev–Trinajstić information content (AvgIpc) is 3.05. The summed E-state index contributed by atoms with van der Waals surface area (Å²) < 4.78 is 5.92. The van der Waals surface area contributed by atoms with Crippen LogP contribution in [0.3, 0.4) is 0 Å². The minimum absolute atomic E-state index is 0.602. The van der Waals surface area contributed by atoms with E-state index in [-0.39, 0.29) is 0 Å². The summed E-state index contributed by atoms with van der Waals surface area (Å²) in [5, 5.41) is 2.26. The summed E-state index contributed by atoms with van der Waals surface area (Å²) in [6.45, 7) is 0. The molecule has 4 rings (SSSR count). The zero-order chi connectivity index (χ0) is 14.1. The van der Waals surface area contributed by atoms with Gasteiger partial charge >= 0.3 is 0 Å². The number of rotatable bonds is 2. The molecular weight excluding hydrogens is 258 g/mol. The first-order valence-electron chi connectivity index (χ1n) is 6.83. The SMILES string of the molecule is [c-]1ccc2ccccc2c1-c1ncc(-c2ccccc2)o1. The van der Waals surface area contributed by atoms with E-state index in [1.165, 1.54) is 0 Å². The van der Waals surface area contributed by atoms with Crippen LogP contribution >= 0.6 is 0 Å². The Kier molecular flexibility index (Phi) is 2.79. The Bertz CT molecular complexity index is 888. The molecule has 3 aromatic carbocycles. The highest BCUT2D eigenvalue weighted by atomic mass is 16.4. The van der Waals surface area contributed by atoms with Crippen LogP contribution in [0.15, 0.2) is 77.3 Å². The largest absolute Gasteiger partial charge is 0.481 e. The van der Waals surface area contributed by atoms with E-state index in [2.05, 4.69) is 23.2 Å². The van der Waals surface area contributed by atoms with Gasteiger partial charge in [-0.2, -0.15) is 0 Å². The Morgan fingerprint density at radius 2 is 1.67 bits per heavy atom. The average molecular weight is 270 g/mol. The molecule has 1 aromatic heterocycles. The van der Waals surface area contributed by atoms with E-state index < -0.39 is 0 Å². The van der Waals surface area contributed by atoms with Crippen LogP contribution in [-0.4, -0.2) is 4.98 Å². The maximum atomic E-state index is 5.92. The lowest BCUT2D eigenvalue weighted by Gasteiger charge is -2.10. The Hall–Kier alpha value is -2.87. The third-order valence-corrected chi connectivity index (χ3v) is 3.50. The van der Waals surface area contributed by atoms with E-state index in [1.807, 2.05) is 54.6 Å². The maximum Gasteiger partial charge on any atom is 0.141 e. The molecule has 0 amide bonds. The molecule has 0 aliphatic rings. The van der Waals surface area contributed by atoms with Crippen LogP contribution in [0, 0.1) is 6.07 Å². The first kappa shape index (κ1) is 11.9. The molecular formula is C19H12NO-. The summed E-state index contributed by atoms with van der Waals surface area (Å²) in [5.41, 5.74) is 1.92. The van der Waals surface area contributed by atoms with Crippen molar-refractivity contribution in [2.75, 3.05) is 0 Å². The highest BCUT2D eigenvalue weighted by Crippen LogP contribution is 2.30. The summed E-state index contributed by atoms with van der Waals surface area (Å²) >= 11 is 0. The zero-order valence-electron chi connectivity index (χ0n) is 11.3. The van der Waals surface area contributed by atoms with E-state index in [1.54, 1.807) is 6.20 Å². The molecule has 21 heavy (non-hydrogen) atoms. The molecule has 0 atom stereocenters. The van der Waals surface area contributed by atoms with Gasteiger partial charge in [0.2, 0.25) is 0 Å². The van der Waals surface area contributed by atoms with Gasteiger partial charge in [0.25, 0.3) is 0 Å². The van der Waals surface area contributed by atoms with Crippen LogP contribution in [0.5, 0.6) is 0 Å². The van der Waals surface area contributed by atoms with Crippen LogP contribution in [-0.2, 0) is 0 Å². The second-order valence-electron chi connectivity index (χ2n) is 4.84. The van der Waals surface area contributed by atoms with Crippen molar-refractivity contribution in [1.82, 2.24) is 4.98 Å². The van der Waals surface area contributed by atoms with Crippen LogP contribution < -0.4 is 0 Å². The van der Waals surface area contributed by atoms with Gasteiger partial charge < -0.3 is 4.42 Å².